The Labute approximate surface area is 205 Å². The molecular formula is C23H30N2O8Se. The summed E-state index contributed by atoms with van der Waals surface area (Å²) in [4.78, 5) is 54.4. The molecule has 0 saturated carbocycles. The maximum absolute atomic E-state index is 13.5. The Bertz CT molecular complexity index is 924. The summed E-state index contributed by atoms with van der Waals surface area (Å²) >= 11 is -0.629. The fourth-order valence-electron chi connectivity index (χ4n) is 3.37. The molecule has 1 N–H and O–H groups in total. The quantitative estimate of drug-likeness (QED) is 0.228. The Morgan fingerprint density at radius 2 is 1.56 bits per heavy atom. The van der Waals surface area contributed by atoms with E-state index in [0.29, 0.717) is 0 Å². The van der Waals surface area contributed by atoms with Crippen molar-refractivity contribution < 1.29 is 38.1 Å². The SMILES string of the molecule is CCOC(=O)C(C(=O)OCC)(c1ccccc1)C(C(=O)OC)C1=C[Se]N(C(=O)OC(C)(C)C)N1. The first-order valence-electron chi connectivity index (χ1n) is 10.7. The third-order valence-corrected chi connectivity index (χ3v) is 6.38. The number of nitrogens with zero attached hydrogens (tertiary/aromatic N) is 1. The second-order valence-corrected chi connectivity index (χ2v) is 9.84. The number of hydrazine groups is 1. The van der Waals surface area contributed by atoms with Gasteiger partial charge in [-0.25, -0.2) is 0 Å². The molecule has 1 aliphatic rings. The van der Waals surface area contributed by atoms with Crippen molar-refractivity contribution in [3.63, 3.8) is 0 Å². The Balaban J connectivity index is 2.66. The molecule has 10 nitrogen and oxygen atoms in total. The van der Waals surface area contributed by atoms with E-state index in [0.717, 1.165) is 7.11 Å². The van der Waals surface area contributed by atoms with Gasteiger partial charge in [0.2, 0.25) is 0 Å². The first-order chi connectivity index (χ1) is 16.0. The molecule has 0 spiro atoms. The van der Waals surface area contributed by atoms with Crippen LogP contribution >= 0.6 is 0 Å². The number of esters is 3. The third-order valence-electron chi connectivity index (χ3n) is 4.68. The first-order valence-corrected chi connectivity index (χ1v) is 12.4. The Morgan fingerprint density at radius 1 is 1.00 bits per heavy atom. The molecule has 0 fully saturated rings. The van der Waals surface area contributed by atoms with E-state index in [-0.39, 0.29) is 24.5 Å². The van der Waals surface area contributed by atoms with Crippen LogP contribution in [0.25, 0.3) is 0 Å². The maximum atomic E-state index is 13.5. The van der Waals surface area contributed by atoms with Crippen molar-refractivity contribution in [2.45, 2.75) is 45.6 Å². The summed E-state index contributed by atoms with van der Waals surface area (Å²) in [5, 5.41) is 0. The van der Waals surface area contributed by atoms with Crippen LogP contribution in [-0.4, -0.2) is 69.1 Å². The van der Waals surface area contributed by atoms with Gasteiger partial charge in [0.15, 0.2) is 0 Å². The van der Waals surface area contributed by atoms with Crippen LogP contribution in [0, 0.1) is 5.92 Å². The fourth-order valence-corrected chi connectivity index (χ4v) is 4.82. The van der Waals surface area contributed by atoms with E-state index in [9.17, 15) is 19.2 Å². The minimum absolute atomic E-state index is 0.0405. The summed E-state index contributed by atoms with van der Waals surface area (Å²) in [7, 11) is 1.15. The van der Waals surface area contributed by atoms with Gasteiger partial charge in [0, 0.05) is 0 Å². The number of hydrogen-bond acceptors (Lipinski definition) is 9. The van der Waals surface area contributed by atoms with Crippen molar-refractivity contribution in [2.75, 3.05) is 20.3 Å². The van der Waals surface area contributed by atoms with Crippen LogP contribution in [0.3, 0.4) is 0 Å². The second kappa shape index (κ2) is 11.4. The molecule has 1 amide bonds. The van der Waals surface area contributed by atoms with Gasteiger partial charge in [-0.3, -0.25) is 0 Å². The van der Waals surface area contributed by atoms with E-state index in [1.807, 2.05) is 0 Å². The molecule has 0 bridgehead atoms. The van der Waals surface area contributed by atoms with Gasteiger partial charge < -0.3 is 0 Å². The number of ether oxygens (including phenoxy) is 4. The molecule has 0 aromatic heterocycles. The summed E-state index contributed by atoms with van der Waals surface area (Å²) in [5.41, 5.74) is 0.175. The third kappa shape index (κ3) is 5.71. The molecule has 0 saturated heterocycles. The van der Waals surface area contributed by atoms with Crippen molar-refractivity contribution in [1.82, 2.24) is 9.45 Å². The van der Waals surface area contributed by atoms with Gasteiger partial charge in [0.1, 0.15) is 0 Å². The molecule has 0 aliphatic carbocycles. The zero-order valence-corrected chi connectivity index (χ0v) is 21.8. The van der Waals surface area contributed by atoms with E-state index in [1.54, 1.807) is 57.8 Å². The number of nitrogens with one attached hydrogen (secondary N) is 1. The van der Waals surface area contributed by atoms with E-state index in [2.05, 4.69) is 5.43 Å². The molecule has 1 aromatic carbocycles. The molecule has 11 heteroatoms. The van der Waals surface area contributed by atoms with Gasteiger partial charge >= 0.3 is 205 Å². The van der Waals surface area contributed by atoms with Crippen LogP contribution in [0.5, 0.6) is 0 Å². The zero-order valence-electron chi connectivity index (χ0n) is 20.1. The first kappa shape index (κ1) is 27.2. The van der Waals surface area contributed by atoms with Crippen LogP contribution in [-0.2, 0) is 38.7 Å². The monoisotopic (exact) mass is 542 g/mol. The Morgan fingerprint density at radius 3 is 2.03 bits per heavy atom. The minimum atomic E-state index is -2.22. The van der Waals surface area contributed by atoms with Gasteiger partial charge in [-0.1, -0.05) is 0 Å². The Hall–Kier alpha value is -3.04. The van der Waals surface area contributed by atoms with Gasteiger partial charge in [-0.05, 0) is 0 Å². The van der Waals surface area contributed by atoms with Gasteiger partial charge in [0.05, 0.1) is 0 Å². The van der Waals surface area contributed by atoms with Crippen LogP contribution in [0.1, 0.15) is 40.2 Å². The summed E-state index contributed by atoms with van der Waals surface area (Å²) in [5.74, 6) is -4.35. The molecule has 1 aliphatic heterocycles. The van der Waals surface area contributed by atoms with Crippen molar-refractivity contribution in [2.24, 2.45) is 5.92 Å². The van der Waals surface area contributed by atoms with Crippen LogP contribution in [0.2, 0.25) is 0 Å². The van der Waals surface area contributed by atoms with E-state index >= 15 is 0 Å². The molecule has 0 radical (unpaired) electrons. The molecule has 1 heterocycles. The summed E-state index contributed by atoms with van der Waals surface area (Å²) in [6, 6.07) is 8.04. The standard InChI is InChI=1S/C23H30N2O8Se/c1-7-31-19(27)23(20(28)32-8-2,15-12-10-9-11-13-15)17(18(26)30-6)16-14-34-25(24-16)21(29)33-22(3,4)5/h9-14,17,24H,7-8H2,1-6H3. The van der Waals surface area contributed by atoms with Crippen LogP contribution < -0.4 is 5.43 Å². The van der Waals surface area contributed by atoms with Gasteiger partial charge in [-0.15, -0.1) is 0 Å². The molecule has 186 valence electrons. The molecule has 1 unspecified atom stereocenters. The zero-order chi connectivity index (χ0) is 25.5. The van der Waals surface area contributed by atoms with Crippen molar-refractivity contribution in [3.05, 3.63) is 46.6 Å². The predicted octanol–water partition coefficient (Wildman–Crippen LogP) is 2.06. The molecule has 1 aromatic rings. The number of hydrogen-bond donors (Lipinski definition) is 1. The number of rotatable bonds is 8. The van der Waals surface area contributed by atoms with E-state index in [4.69, 9.17) is 18.9 Å². The molecule has 34 heavy (non-hydrogen) atoms. The molecular weight excluding hydrogens is 511 g/mol. The second-order valence-electron chi connectivity index (χ2n) is 8.14. The molecule has 1 atom stereocenters. The summed E-state index contributed by atoms with van der Waals surface area (Å²) in [6.07, 6.45) is -0.667. The average molecular weight is 541 g/mol. The number of amides is 1. The van der Waals surface area contributed by atoms with Crippen LogP contribution in [0.15, 0.2) is 41.0 Å². The summed E-state index contributed by atoms with van der Waals surface area (Å²) < 4.78 is 22.2. The normalized spacial score (nSPS) is 14.4. The van der Waals surface area contributed by atoms with Crippen LogP contribution in [0.4, 0.5) is 4.79 Å². The number of methoxy groups -OCH3 is 1. The Kier molecular flexibility index (Phi) is 9.12. The van der Waals surface area contributed by atoms with Gasteiger partial charge in [-0.2, -0.15) is 0 Å². The number of benzene rings is 1. The van der Waals surface area contributed by atoms with Crippen molar-refractivity contribution in [1.29, 1.82) is 0 Å². The average Bonchev–Trinajstić information content (AvgIpc) is 3.26. The van der Waals surface area contributed by atoms with Crippen molar-refractivity contribution in [3.8, 4) is 0 Å². The number of carbonyl (C=O) groups is 4. The van der Waals surface area contributed by atoms with E-state index in [1.165, 1.54) is 16.2 Å². The molecule has 2 rings (SSSR count). The van der Waals surface area contributed by atoms with Gasteiger partial charge in [0.25, 0.3) is 0 Å². The topological polar surface area (TPSA) is 120 Å². The number of carbonyl (C=O) groups excluding carboxylic acids is 4. The fraction of sp³-hybridized carbons (Fsp3) is 0.478. The summed E-state index contributed by atoms with van der Waals surface area (Å²) in [6.45, 7) is 8.27. The predicted molar refractivity (Wildman–Crippen MR) is 122 cm³/mol. The van der Waals surface area contributed by atoms with E-state index < -0.39 is 56.1 Å². The van der Waals surface area contributed by atoms with Crippen molar-refractivity contribution >= 4 is 39.2 Å².